The Kier molecular flexibility index (Phi) is 4.83. The summed E-state index contributed by atoms with van der Waals surface area (Å²) >= 11 is 0. The highest BCUT2D eigenvalue weighted by molar-refractivity contribution is 5.93. The predicted octanol–water partition coefficient (Wildman–Crippen LogP) is 1.43. The molecule has 1 aliphatic heterocycles. The highest BCUT2D eigenvalue weighted by Gasteiger charge is 2.19. The fourth-order valence-electron chi connectivity index (χ4n) is 3.26. The molecule has 140 valence electrons. The van der Waals surface area contributed by atoms with Crippen LogP contribution in [0.1, 0.15) is 12.8 Å². The number of amides is 1. The van der Waals surface area contributed by atoms with E-state index in [9.17, 15) is 9.90 Å². The first-order chi connectivity index (χ1) is 13.1. The lowest BCUT2D eigenvalue weighted by Crippen LogP contribution is -2.40. The third-order valence-corrected chi connectivity index (χ3v) is 4.77. The zero-order valence-corrected chi connectivity index (χ0v) is 15.2. The number of piperidine rings is 1. The van der Waals surface area contributed by atoms with Crippen LogP contribution in [0, 0.1) is 0 Å². The number of hydrogen-bond acceptors (Lipinski definition) is 6. The molecule has 0 unspecified atom stereocenters. The van der Waals surface area contributed by atoms with Crippen LogP contribution in [0.5, 0.6) is 0 Å². The van der Waals surface area contributed by atoms with E-state index in [1.165, 1.54) is 0 Å². The van der Waals surface area contributed by atoms with Crippen molar-refractivity contribution in [3.05, 3.63) is 36.8 Å². The number of hydrogen-bond donors (Lipinski definition) is 2. The van der Waals surface area contributed by atoms with E-state index in [0.717, 1.165) is 35.2 Å². The number of pyridine rings is 2. The van der Waals surface area contributed by atoms with Gasteiger partial charge in [-0.05, 0) is 25.0 Å². The molecule has 8 heteroatoms. The average molecular weight is 366 g/mol. The summed E-state index contributed by atoms with van der Waals surface area (Å²) < 4.78 is 1.74. The van der Waals surface area contributed by atoms with Crippen LogP contribution in [0.25, 0.3) is 22.2 Å². The highest BCUT2D eigenvalue weighted by Crippen LogP contribution is 2.21. The Morgan fingerprint density at radius 1 is 1.30 bits per heavy atom. The smallest absolute Gasteiger partial charge is 0.239 e. The van der Waals surface area contributed by atoms with E-state index < -0.39 is 0 Å². The zero-order valence-electron chi connectivity index (χ0n) is 15.2. The maximum Gasteiger partial charge on any atom is 0.239 e. The van der Waals surface area contributed by atoms with Crippen LogP contribution in [0.15, 0.2) is 36.8 Å². The molecule has 4 rings (SSSR count). The van der Waals surface area contributed by atoms with Crippen molar-refractivity contribution in [3.8, 4) is 11.3 Å². The third kappa shape index (κ3) is 4.12. The summed E-state index contributed by atoms with van der Waals surface area (Å²) in [6, 6.07) is 5.68. The first kappa shape index (κ1) is 17.6. The van der Waals surface area contributed by atoms with Gasteiger partial charge in [0.15, 0.2) is 0 Å². The topological polar surface area (TPSA) is 96.2 Å². The van der Waals surface area contributed by atoms with Crippen molar-refractivity contribution in [3.63, 3.8) is 0 Å². The fraction of sp³-hybridized carbons (Fsp3) is 0.368. The Bertz CT molecular complexity index is 962. The lowest BCUT2D eigenvalue weighted by atomic mass is 10.1. The Morgan fingerprint density at radius 3 is 2.85 bits per heavy atom. The molecule has 0 saturated carbocycles. The molecule has 3 aromatic rings. The molecule has 0 radical (unpaired) electrons. The number of nitrogens with one attached hydrogen (secondary N) is 1. The number of rotatable bonds is 4. The lowest BCUT2D eigenvalue weighted by Gasteiger charge is -2.28. The van der Waals surface area contributed by atoms with Crippen LogP contribution < -0.4 is 5.32 Å². The SMILES string of the molecule is Cn1cc(-c2ccc3cnc(NC(=O)CN4CCC(O)CC4)cc3n2)cn1. The molecule has 2 N–H and O–H groups in total. The standard InChI is InChI=1S/C19H22N6O2/c1-24-11-14(10-21-24)16-3-2-13-9-20-18(8-17(13)22-16)23-19(27)12-25-6-4-15(26)5-7-25/h2-3,8-11,15,26H,4-7,12H2,1H3,(H,20,23,27). The molecule has 0 bridgehead atoms. The van der Waals surface area contributed by atoms with Crippen molar-refractivity contribution in [1.29, 1.82) is 0 Å². The van der Waals surface area contributed by atoms with Gasteiger partial charge in [-0.1, -0.05) is 0 Å². The number of aliphatic hydroxyl groups excluding tert-OH is 1. The molecule has 0 aliphatic carbocycles. The van der Waals surface area contributed by atoms with Crippen LogP contribution in [0.4, 0.5) is 5.82 Å². The third-order valence-electron chi connectivity index (χ3n) is 4.77. The van der Waals surface area contributed by atoms with E-state index in [1.807, 2.05) is 30.3 Å². The average Bonchev–Trinajstić information content (AvgIpc) is 3.09. The summed E-state index contributed by atoms with van der Waals surface area (Å²) in [5.74, 6) is 0.377. The van der Waals surface area contributed by atoms with E-state index in [-0.39, 0.29) is 12.0 Å². The van der Waals surface area contributed by atoms with Crippen molar-refractivity contribution >= 4 is 22.6 Å². The molecule has 8 nitrogen and oxygen atoms in total. The number of likely N-dealkylation sites (tertiary alicyclic amines) is 1. The van der Waals surface area contributed by atoms with Gasteiger partial charge in [0, 0.05) is 49.5 Å². The summed E-state index contributed by atoms with van der Waals surface area (Å²) in [4.78, 5) is 23.3. The predicted molar refractivity (Wildman–Crippen MR) is 102 cm³/mol. The van der Waals surface area contributed by atoms with Gasteiger partial charge in [-0.2, -0.15) is 5.10 Å². The molecule has 1 fully saturated rings. The van der Waals surface area contributed by atoms with Crippen molar-refractivity contribution in [2.75, 3.05) is 25.0 Å². The number of nitrogens with zero attached hydrogens (tertiary/aromatic N) is 5. The summed E-state index contributed by atoms with van der Waals surface area (Å²) in [6.45, 7) is 1.76. The molecule has 0 aromatic carbocycles. The zero-order chi connectivity index (χ0) is 18.8. The van der Waals surface area contributed by atoms with Gasteiger partial charge in [-0.15, -0.1) is 0 Å². The van der Waals surface area contributed by atoms with Crippen LogP contribution in [-0.2, 0) is 11.8 Å². The number of carbonyl (C=O) groups is 1. The minimum Gasteiger partial charge on any atom is -0.393 e. The largest absolute Gasteiger partial charge is 0.393 e. The van der Waals surface area contributed by atoms with Gasteiger partial charge in [0.2, 0.25) is 5.91 Å². The van der Waals surface area contributed by atoms with Gasteiger partial charge >= 0.3 is 0 Å². The highest BCUT2D eigenvalue weighted by atomic mass is 16.3. The first-order valence-corrected chi connectivity index (χ1v) is 9.03. The lowest BCUT2D eigenvalue weighted by molar-refractivity contribution is -0.117. The summed E-state index contributed by atoms with van der Waals surface area (Å²) in [7, 11) is 1.87. The maximum absolute atomic E-state index is 12.3. The second-order valence-corrected chi connectivity index (χ2v) is 6.92. The summed E-state index contributed by atoms with van der Waals surface area (Å²) in [5, 5.41) is 17.5. The summed E-state index contributed by atoms with van der Waals surface area (Å²) in [5.41, 5.74) is 2.53. The molecular formula is C19H22N6O2. The normalized spacial score (nSPS) is 15.9. The number of anilines is 1. The van der Waals surface area contributed by atoms with Crippen LogP contribution in [0.2, 0.25) is 0 Å². The molecule has 27 heavy (non-hydrogen) atoms. The maximum atomic E-state index is 12.3. The molecule has 4 heterocycles. The van der Waals surface area contributed by atoms with Crippen molar-refractivity contribution in [2.45, 2.75) is 18.9 Å². The number of carbonyl (C=O) groups excluding carboxylic acids is 1. The van der Waals surface area contributed by atoms with Gasteiger partial charge < -0.3 is 10.4 Å². The minimum absolute atomic E-state index is 0.110. The second-order valence-electron chi connectivity index (χ2n) is 6.92. The van der Waals surface area contributed by atoms with Gasteiger partial charge in [0.1, 0.15) is 5.82 Å². The van der Waals surface area contributed by atoms with Gasteiger partial charge in [-0.25, -0.2) is 9.97 Å². The van der Waals surface area contributed by atoms with Crippen molar-refractivity contribution in [2.24, 2.45) is 7.05 Å². The second kappa shape index (κ2) is 7.42. The number of aliphatic hydroxyl groups is 1. The van der Waals surface area contributed by atoms with Crippen LogP contribution in [0.3, 0.4) is 0 Å². The molecule has 1 amide bonds. The Balaban J connectivity index is 1.48. The minimum atomic E-state index is -0.244. The number of aryl methyl sites for hydroxylation is 1. The van der Waals surface area contributed by atoms with Gasteiger partial charge in [-0.3, -0.25) is 14.4 Å². The van der Waals surface area contributed by atoms with E-state index in [2.05, 4.69) is 20.4 Å². The summed E-state index contributed by atoms with van der Waals surface area (Å²) in [6.07, 6.45) is 6.57. The van der Waals surface area contributed by atoms with E-state index in [4.69, 9.17) is 0 Å². The fourth-order valence-corrected chi connectivity index (χ4v) is 3.26. The Morgan fingerprint density at radius 2 is 2.11 bits per heavy atom. The molecule has 3 aromatic heterocycles. The Labute approximate surface area is 156 Å². The molecule has 1 saturated heterocycles. The quantitative estimate of drug-likeness (QED) is 0.725. The Hall–Kier alpha value is -2.84. The molecule has 0 atom stereocenters. The van der Waals surface area contributed by atoms with Crippen LogP contribution >= 0.6 is 0 Å². The molecular weight excluding hydrogens is 344 g/mol. The van der Waals surface area contributed by atoms with Crippen molar-refractivity contribution < 1.29 is 9.90 Å². The van der Waals surface area contributed by atoms with E-state index >= 15 is 0 Å². The molecule has 0 spiro atoms. The van der Waals surface area contributed by atoms with E-state index in [0.29, 0.717) is 25.2 Å². The molecule has 1 aliphatic rings. The van der Waals surface area contributed by atoms with Crippen molar-refractivity contribution in [1.82, 2.24) is 24.6 Å². The van der Waals surface area contributed by atoms with Crippen LogP contribution in [-0.4, -0.2) is 61.4 Å². The number of fused-ring (bicyclic) bond motifs is 1. The van der Waals surface area contributed by atoms with Gasteiger partial charge in [0.05, 0.1) is 30.1 Å². The van der Waals surface area contributed by atoms with E-state index in [1.54, 1.807) is 23.1 Å². The monoisotopic (exact) mass is 366 g/mol. The first-order valence-electron chi connectivity index (χ1n) is 9.03. The number of aromatic nitrogens is 4. The van der Waals surface area contributed by atoms with Gasteiger partial charge in [0.25, 0.3) is 0 Å².